The van der Waals surface area contributed by atoms with Crippen molar-refractivity contribution in [2.45, 2.75) is 26.3 Å². The van der Waals surface area contributed by atoms with Gasteiger partial charge in [-0.2, -0.15) is 0 Å². The third-order valence-corrected chi connectivity index (χ3v) is 5.09. The first kappa shape index (κ1) is 14.8. The van der Waals surface area contributed by atoms with Gasteiger partial charge in [0.2, 0.25) is 0 Å². The third-order valence-electron chi connectivity index (χ3n) is 3.15. The third kappa shape index (κ3) is 3.68. The molecule has 1 atom stereocenters. The molecule has 0 aliphatic heterocycles. The maximum atomic E-state index is 3.62. The van der Waals surface area contributed by atoms with Crippen molar-refractivity contribution in [3.05, 3.63) is 56.2 Å². The molecular formula is C16H20BrNS. The molecule has 0 radical (unpaired) electrons. The number of hydrogen-bond donors (Lipinski definition) is 1. The Morgan fingerprint density at radius 3 is 2.32 bits per heavy atom. The van der Waals surface area contributed by atoms with Crippen LogP contribution in [-0.4, -0.2) is 7.05 Å². The highest BCUT2D eigenvalue weighted by Gasteiger charge is 2.16. The van der Waals surface area contributed by atoms with E-state index in [-0.39, 0.29) is 6.04 Å². The van der Waals surface area contributed by atoms with Crippen molar-refractivity contribution < 1.29 is 0 Å². The fraction of sp³-hybridized carbons (Fsp3) is 0.375. The van der Waals surface area contributed by atoms with E-state index in [0.29, 0.717) is 5.92 Å². The molecule has 0 spiro atoms. The molecule has 0 bridgehead atoms. The summed E-state index contributed by atoms with van der Waals surface area (Å²) < 4.78 is 1.18. The van der Waals surface area contributed by atoms with Gasteiger partial charge in [0.25, 0.3) is 0 Å². The second-order valence-corrected chi connectivity index (χ2v) is 7.00. The maximum Gasteiger partial charge on any atom is 0.0680 e. The van der Waals surface area contributed by atoms with Crippen LogP contribution in [0.5, 0.6) is 0 Å². The molecule has 0 amide bonds. The van der Waals surface area contributed by atoms with Gasteiger partial charge in [0.1, 0.15) is 0 Å². The molecule has 1 aromatic carbocycles. The fourth-order valence-electron chi connectivity index (χ4n) is 2.28. The minimum absolute atomic E-state index is 0.266. The normalized spacial score (nSPS) is 12.9. The molecule has 1 aromatic heterocycles. The number of halogens is 1. The molecule has 0 saturated carbocycles. The van der Waals surface area contributed by atoms with Crippen molar-refractivity contribution in [2.24, 2.45) is 5.92 Å². The van der Waals surface area contributed by atoms with Crippen LogP contribution in [0, 0.1) is 5.92 Å². The molecule has 0 aliphatic carbocycles. The Balaban J connectivity index is 2.22. The van der Waals surface area contributed by atoms with Gasteiger partial charge in [0, 0.05) is 9.35 Å². The minimum Gasteiger partial charge on any atom is -0.309 e. The Hall–Kier alpha value is -0.640. The smallest absolute Gasteiger partial charge is 0.0680 e. The monoisotopic (exact) mass is 337 g/mol. The predicted molar refractivity (Wildman–Crippen MR) is 87.9 cm³/mol. The minimum atomic E-state index is 0.266. The Labute approximate surface area is 128 Å². The van der Waals surface area contributed by atoms with Gasteiger partial charge in [0.05, 0.1) is 6.04 Å². The van der Waals surface area contributed by atoms with Crippen molar-refractivity contribution in [3.8, 4) is 0 Å². The highest BCUT2D eigenvalue weighted by atomic mass is 79.9. The maximum absolute atomic E-state index is 3.62. The van der Waals surface area contributed by atoms with E-state index in [2.05, 4.69) is 70.8 Å². The quantitative estimate of drug-likeness (QED) is 0.807. The average molecular weight is 338 g/mol. The second kappa shape index (κ2) is 6.69. The molecule has 1 unspecified atom stereocenters. The summed E-state index contributed by atoms with van der Waals surface area (Å²) in [6.07, 6.45) is 1.15. The lowest BCUT2D eigenvalue weighted by molar-refractivity contribution is 0.646. The number of rotatable bonds is 5. The zero-order valence-electron chi connectivity index (χ0n) is 11.6. The molecule has 0 fully saturated rings. The molecule has 2 aromatic rings. The van der Waals surface area contributed by atoms with E-state index in [9.17, 15) is 0 Å². The molecule has 0 aliphatic rings. The molecule has 19 heavy (non-hydrogen) atoms. The lowest BCUT2D eigenvalue weighted by atomic mass is 9.99. The SMILES string of the molecule is CNC(c1ccc(CC(C)C)cc1)c1sccc1Br. The lowest BCUT2D eigenvalue weighted by Gasteiger charge is -2.16. The summed E-state index contributed by atoms with van der Waals surface area (Å²) in [5.41, 5.74) is 2.73. The van der Waals surface area contributed by atoms with Gasteiger partial charge in [-0.15, -0.1) is 11.3 Å². The molecule has 1 nitrogen and oxygen atoms in total. The van der Waals surface area contributed by atoms with Crippen LogP contribution in [0.3, 0.4) is 0 Å². The van der Waals surface area contributed by atoms with E-state index in [4.69, 9.17) is 0 Å². The van der Waals surface area contributed by atoms with Crippen LogP contribution >= 0.6 is 27.3 Å². The van der Waals surface area contributed by atoms with Crippen molar-refractivity contribution >= 4 is 27.3 Å². The summed E-state index contributed by atoms with van der Waals surface area (Å²) in [6.45, 7) is 4.51. The first-order chi connectivity index (χ1) is 9.11. The molecule has 0 saturated heterocycles. The first-order valence-corrected chi connectivity index (χ1v) is 8.28. The van der Waals surface area contributed by atoms with Gasteiger partial charge >= 0.3 is 0 Å². The van der Waals surface area contributed by atoms with E-state index >= 15 is 0 Å². The van der Waals surface area contributed by atoms with Crippen LogP contribution in [0.2, 0.25) is 0 Å². The van der Waals surface area contributed by atoms with Gasteiger partial charge in [-0.1, -0.05) is 38.1 Å². The molecule has 102 valence electrons. The van der Waals surface area contributed by atoms with Crippen LogP contribution in [-0.2, 0) is 6.42 Å². The zero-order chi connectivity index (χ0) is 13.8. The van der Waals surface area contributed by atoms with Crippen LogP contribution in [0.25, 0.3) is 0 Å². The van der Waals surface area contributed by atoms with Gasteiger partial charge in [-0.25, -0.2) is 0 Å². The largest absolute Gasteiger partial charge is 0.309 e. The number of benzene rings is 1. The van der Waals surface area contributed by atoms with E-state index in [1.54, 1.807) is 11.3 Å². The summed E-state index contributed by atoms with van der Waals surface area (Å²) in [5.74, 6) is 0.706. The average Bonchev–Trinajstić information content (AvgIpc) is 2.78. The summed E-state index contributed by atoms with van der Waals surface area (Å²) in [4.78, 5) is 1.33. The Morgan fingerprint density at radius 2 is 1.84 bits per heavy atom. The van der Waals surface area contributed by atoms with Gasteiger partial charge in [-0.3, -0.25) is 0 Å². The van der Waals surface area contributed by atoms with Crippen molar-refractivity contribution in [3.63, 3.8) is 0 Å². The predicted octanol–water partition coefficient (Wildman–Crippen LogP) is 5.02. The molecule has 1 N–H and O–H groups in total. The van der Waals surface area contributed by atoms with Crippen molar-refractivity contribution in [1.29, 1.82) is 0 Å². The Kier molecular flexibility index (Phi) is 5.20. The van der Waals surface area contributed by atoms with Gasteiger partial charge in [0.15, 0.2) is 0 Å². The first-order valence-electron chi connectivity index (χ1n) is 6.60. The van der Waals surface area contributed by atoms with E-state index in [1.807, 2.05) is 7.05 Å². The molecule has 3 heteroatoms. The highest BCUT2D eigenvalue weighted by Crippen LogP contribution is 2.33. The second-order valence-electron chi connectivity index (χ2n) is 5.19. The number of hydrogen-bond acceptors (Lipinski definition) is 2. The molecule has 1 heterocycles. The van der Waals surface area contributed by atoms with E-state index < -0.39 is 0 Å². The number of nitrogens with one attached hydrogen (secondary N) is 1. The van der Waals surface area contributed by atoms with Crippen LogP contribution in [0.1, 0.15) is 35.9 Å². The standard InChI is InChI=1S/C16H20BrNS/c1-11(2)10-12-4-6-13(7-5-12)15(18-3)16-14(17)8-9-19-16/h4-9,11,15,18H,10H2,1-3H3. The zero-order valence-corrected chi connectivity index (χ0v) is 14.0. The van der Waals surface area contributed by atoms with Gasteiger partial charge in [-0.05, 0) is 57.9 Å². The van der Waals surface area contributed by atoms with Crippen LogP contribution in [0.15, 0.2) is 40.2 Å². The summed E-state index contributed by atoms with van der Waals surface area (Å²) in [5, 5.41) is 5.52. The van der Waals surface area contributed by atoms with E-state index in [1.165, 1.54) is 20.5 Å². The summed E-state index contributed by atoms with van der Waals surface area (Å²) in [6, 6.07) is 11.4. The van der Waals surface area contributed by atoms with Gasteiger partial charge < -0.3 is 5.32 Å². The Morgan fingerprint density at radius 1 is 1.16 bits per heavy atom. The lowest BCUT2D eigenvalue weighted by Crippen LogP contribution is -2.16. The summed E-state index contributed by atoms with van der Waals surface area (Å²) >= 11 is 5.41. The molecule has 2 rings (SSSR count). The summed E-state index contributed by atoms with van der Waals surface area (Å²) in [7, 11) is 2.01. The molecular weight excluding hydrogens is 318 g/mol. The van der Waals surface area contributed by atoms with Crippen molar-refractivity contribution in [2.75, 3.05) is 7.05 Å². The highest BCUT2D eigenvalue weighted by molar-refractivity contribution is 9.10. The Bertz CT molecular complexity index is 516. The topological polar surface area (TPSA) is 12.0 Å². The van der Waals surface area contributed by atoms with Crippen LogP contribution in [0.4, 0.5) is 0 Å². The van der Waals surface area contributed by atoms with Crippen molar-refractivity contribution in [1.82, 2.24) is 5.32 Å². The van der Waals surface area contributed by atoms with Crippen LogP contribution < -0.4 is 5.32 Å². The fourth-order valence-corrected chi connectivity index (χ4v) is 4.02. The van der Waals surface area contributed by atoms with E-state index in [0.717, 1.165) is 6.42 Å². The number of thiophene rings is 1.